The zero-order chi connectivity index (χ0) is 21.4. The molecule has 2 aromatic carbocycles. The molecule has 0 spiro atoms. The number of anilines is 1. The molecule has 10 heteroatoms. The first-order chi connectivity index (χ1) is 13.9. The van der Waals surface area contributed by atoms with Crippen LogP contribution in [0.4, 0.5) is 11.4 Å². The third kappa shape index (κ3) is 5.42. The molecular weight excluding hydrogens is 384 g/mol. The molecule has 0 unspecified atom stereocenters. The van der Waals surface area contributed by atoms with Gasteiger partial charge in [0.25, 0.3) is 11.6 Å². The summed E-state index contributed by atoms with van der Waals surface area (Å²) in [6, 6.07) is 8.33. The lowest BCUT2D eigenvalue weighted by Crippen LogP contribution is -2.15. The molecule has 0 saturated carbocycles. The Kier molecular flexibility index (Phi) is 7.49. The SMILES string of the molecule is COCCOc1cc([N+](=O)[O-])c(C(=O)Nc2cccc(C(=O)OC)c2)cc1OC. The van der Waals surface area contributed by atoms with E-state index in [0.29, 0.717) is 0 Å². The molecular formula is C19H20N2O8. The van der Waals surface area contributed by atoms with E-state index in [1.54, 1.807) is 6.07 Å². The molecule has 2 aromatic rings. The minimum Gasteiger partial charge on any atom is -0.493 e. The monoisotopic (exact) mass is 404 g/mol. The predicted molar refractivity (Wildman–Crippen MR) is 103 cm³/mol. The fourth-order valence-electron chi connectivity index (χ4n) is 2.43. The Morgan fingerprint density at radius 1 is 1.07 bits per heavy atom. The van der Waals surface area contributed by atoms with E-state index >= 15 is 0 Å². The highest BCUT2D eigenvalue weighted by atomic mass is 16.6. The minimum absolute atomic E-state index is 0.112. The van der Waals surface area contributed by atoms with Crippen molar-refractivity contribution < 1.29 is 33.5 Å². The van der Waals surface area contributed by atoms with Crippen LogP contribution in [0.25, 0.3) is 0 Å². The number of nitrogens with one attached hydrogen (secondary N) is 1. The first-order valence-corrected chi connectivity index (χ1v) is 8.39. The summed E-state index contributed by atoms with van der Waals surface area (Å²) in [5, 5.41) is 14.0. The van der Waals surface area contributed by atoms with Gasteiger partial charge in [-0.15, -0.1) is 0 Å². The largest absolute Gasteiger partial charge is 0.493 e. The summed E-state index contributed by atoms with van der Waals surface area (Å²) in [6.07, 6.45) is 0. The maximum atomic E-state index is 12.7. The number of carbonyl (C=O) groups is 2. The van der Waals surface area contributed by atoms with Crippen molar-refractivity contribution in [2.24, 2.45) is 0 Å². The highest BCUT2D eigenvalue weighted by Gasteiger charge is 2.25. The van der Waals surface area contributed by atoms with Crippen LogP contribution in [0.15, 0.2) is 36.4 Å². The molecule has 0 aromatic heterocycles. The van der Waals surface area contributed by atoms with Crippen LogP contribution in [0, 0.1) is 10.1 Å². The van der Waals surface area contributed by atoms with Crippen molar-refractivity contribution in [2.75, 3.05) is 39.9 Å². The maximum absolute atomic E-state index is 12.7. The molecule has 0 heterocycles. The Bertz CT molecular complexity index is 913. The summed E-state index contributed by atoms with van der Waals surface area (Å²) < 4.78 is 20.1. The van der Waals surface area contributed by atoms with Crippen LogP contribution in [0.3, 0.4) is 0 Å². The van der Waals surface area contributed by atoms with Gasteiger partial charge >= 0.3 is 5.97 Å². The van der Waals surface area contributed by atoms with Gasteiger partial charge in [0.15, 0.2) is 11.5 Å². The van der Waals surface area contributed by atoms with Crippen LogP contribution < -0.4 is 14.8 Å². The minimum atomic E-state index is -0.750. The number of nitrogens with zero attached hydrogens (tertiary/aromatic N) is 1. The quantitative estimate of drug-likeness (QED) is 0.293. The third-order valence-corrected chi connectivity index (χ3v) is 3.81. The van der Waals surface area contributed by atoms with Crippen molar-refractivity contribution in [3.8, 4) is 11.5 Å². The normalized spacial score (nSPS) is 10.2. The van der Waals surface area contributed by atoms with E-state index in [-0.39, 0.29) is 41.5 Å². The number of esters is 1. The Balaban J connectivity index is 2.35. The lowest BCUT2D eigenvalue weighted by molar-refractivity contribution is -0.385. The van der Waals surface area contributed by atoms with Crippen molar-refractivity contribution in [3.05, 3.63) is 57.6 Å². The molecule has 0 bridgehead atoms. The fourth-order valence-corrected chi connectivity index (χ4v) is 2.43. The van der Waals surface area contributed by atoms with Gasteiger partial charge in [0.05, 0.1) is 37.4 Å². The number of amides is 1. The van der Waals surface area contributed by atoms with Gasteiger partial charge < -0.3 is 24.3 Å². The van der Waals surface area contributed by atoms with E-state index in [9.17, 15) is 19.7 Å². The van der Waals surface area contributed by atoms with Crippen LogP contribution in [0.5, 0.6) is 11.5 Å². The molecule has 0 saturated heterocycles. The molecule has 0 aliphatic heterocycles. The van der Waals surface area contributed by atoms with Crippen molar-refractivity contribution in [3.63, 3.8) is 0 Å². The Morgan fingerprint density at radius 2 is 1.83 bits per heavy atom. The predicted octanol–water partition coefficient (Wildman–Crippen LogP) is 2.67. The van der Waals surface area contributed by atoms with E-state index in [4.69, 9.17) is 14.2 Å². The van der Waals surface area contributed by atoms with Gasteiger partial charge in [0, 0.05) is 18.9 Å². The molecule has 0 aliphatic carbocycles. The average Bonchev–Trinajstić information content (AvgIpc) is 2.72. The van der Waals surface area contributed by atoms with Crippen LogP contribution in [-0.2, 0) is 9.47 Å². The number of methoxy groups -OCH3 is 3. The van der Waals surface area contributed by atoms with Gasteiger partial charge in [-0.2, -0.15) is 0 Å². The van der Waals surface area contributed by atoms with E-state index in [2.05, 4.69) is 10.1 Å². The van der Waals surface area contributed by atoms with E-state index in [0.717, 1.165) is 6.07 Å². The van der Waals surface area contributed by atoms with Gasteiger partial charge in [-0.25, -0.2) is 4.79 Å². The molecule has 0 radical (unpaired) electrons. The first kappa shape index (κ1) is 21.6. The number of benzene rings is 2. The summed E-state index contributed by atoms with van der Waals surface area (Å²) in [6.45, 7) is 0.422. The van der Waals surface area contributed by atoms with Gasteiger partial charge in [0.1, 0.15) is 12.2 Å². The van der Waals surface area contributed by atoms with Crippen LogP contribution >= 0.6 is 0 Å². The third-order valence-electron chi connectivity index (χ3n) is 3.81. The number of nitro groups is 1. The van der Waals surface area contributed by atoms with E-state index < -0.39 is 22.5 Å². The highest BCUT2D eigenvalue weighted by molar-refractivity contribution is 6.08. The molecule has 2 rings (SSSR count). The number of hydrogen-bond donors (Lipinski definition) is 1. The molecule has 0 fully saturated rings. The number of rotatable bonds is 9. The Labute approximate surface area is 166 Å². The van der Waals surface area contributed by atoms with Crippen LogP contribution in [-0.4, -0.2) is 51.3 Å². The summed E-state index contributed by atoms with van der Waals surface area (Å²) in [4.78, 5) is 35.1. The maximum Gasteiger partial charge on any atom is 0.337 e. The lowest BCUT2D eigenvalue weighted by atomic mass is 10.1. The zero-order valence-corrected chi connectivity index (χ0v) is 16.1. The zero-order valence-electron chi connectivity index (χ0n) is 16.1. The molecule has 0 aliphatic rings. The summed E-state index contributed by atoms with van der Waals surface area (Å²) in [5.74, 6) is -1.06. The Hall–Kier alpha value is -3.66. The summed E-state index contributed by atoms with van der Waals surface area (Å²) in [7, 11) is 4.08. The second-order valence-electron chi connectivity index (χ2n) is 5.65. The fraction of sp³-hybridized carbons (Fsp3) is 0.263. The summed E-state index contributed by atoms with van der Waals surface area (Å²) in [5.41, 5.74) is -0.194. The number of ether oxygens (including phenoxy) is 4. The standard InChI is InChI=1S/C19H20N2O8/c1-26-7-8-29-17-11-15(21(24)25)14(10-16(17)27-2)18(22)20-13-6-4-5-12(9-13)19(23)28-3/h4-6,9-11H,7-8H2,1-3H3,(H,20,22). The van der Waals surface area contributed by atoms with Crippen molar-refractivity contribution in [2.45, 2.75) is 0 Å². The topological polar surface area (TPSA) is 126 Å². The van der Waals surface area contributed by atoms with Gasteiger partial charge in [-0.3, -0.25) is 14.9 Å². The van der Waals surface area contributed by atoms with Gasteiger partial charge in [-0.1, -0.05) is 6.07 Å². The highest BCUT2D eigenvalue weighted by Crippen LogP contribution is 2.35. The smallest absolute Gasteiger partial charge is 0.337 e. The Morgan fingerprint density at radius 3 is 2.45 bits per heavy atom. The molecule has 154 valence electrons. The van der Waals surface area contributed by atoms with Crippen molar-refractivity contribution in [1.82, 2.24) is 0 Å². The molecule has 1 N–H and O–H groups in total. The van der Waals surface area contributed by atoms with E-state index in [1.165, 1.54) is 45.6 Å². The van der Waals surface area contributed by atoms with Crippen molar-refractivity contribution in [1.29, 1.82) is 0 Å². The second kappa shape index (κ2) is 10.0. The molecule has 10 nitrogen and oxygen atoms in total. The van der Waals surface area contributed by atoms with Crippen molar-refractivity contribution >= 4 is 23.3 Å². The summed E-state index contributed by atoms with van der Waals surface area (Å²) >= 11 is 0. The lowest BCUT2D eigenvalue weighted by Gasteiger charge is -2.13. The van der Waals surface area contributed by atoms with Crippen LogP contribution in [0.1, 0.15) is 20.7 Å². The molecule has 1 amide bonds. The number of nitro benzene ring substituents is 1. The molecule has 29 heavy (non-hydrogen) atoms. The van der Waals surface area contributed by atoms with E-state index in [1.807, 2.05) is 0 Å². The number of carbonyl (C=O) groups excluding carboxylic acids is 2. The van der Waals surface area contributed by atoms with Gasteiger partial charge in [-0.05, 0) is 18.2 Å². The van der Waals surface area contributed by atoms with Gasteiger partial charge in [0.2, 0.25) is 0 Å². The number of hydrogen-bond acceptors (Lipinski definition) is 8. The first-order valence-electron chi connectivity index (χ1n) is 8.39. The van der Waals surface area contributed by atoms with Crippen LogP contribution in [0.2, 0.25) is 0 Å². The average molecular weight is 404 g/mol. The second-order valence-corrected chi connectivity index (χ2v) is 5.65. The molecule has 0 atom stereocenters.